The maximum absolute atomic E-state index is 13.4. The number of aliphatic hydroxyl groups excluding tert-OH is 1. The average Bonchev–Trinajstić information content (AvgIpc) is 3.51. The summed E-state index contributed by atoms with van der Waals surface area (Å²) in [7, 11) is 0. The minimum absolute atomic E-state index is 0.0191. The largest absolute Gasteiger partial charge is 0.507 e. The van der Waals surface area contributed by atoms with Gasteiger partial charge in [0.2, 0.25) is 5.13 Å². The van der Waals surface area contributed by atoms with Crippen molar-refractivity contribution in [2.45, 2.75) is 30.0 Å². The van der Waals surface area contributed by atoms with Crippen LogP contribution in [0.1, 0.15) is 35.2 Å². The zero-order valence-electron chi connectivity index (χ0n) is 20.7. The number of nitrogens with zero attached hydrogens (tertiary/aromatic N) is 4. The summed E-state index contributed by atoms with van der Waals surface area (Å²) in [4.78, 5) is 31.9. The third-order valence-electron chi connectivity index (χ3n) is 5.99. The Hall–Kier alpha value is -4.02. The first-order valence-electron chi connectivity index (χ1n) is 11.9. The van der Waals surface area contributed by atoms with Gasteiger partial charge in [-0.2, -0.15) is 0 Å². The molecule has 1 saturated heterocycles. The van der Waals surface area contributed by atoms with Crippen molar-refractivity contribution in [3.05, 3.63) is 101 Å². The highest BCUT2D eigenvalue weighted by Gasteiger charge is 2.48. The Bertz CT molecular complexity index is 1490. The van der Waals surface area contributed by atoms with Crippen LogP contribution in [0.2, 0.25) is 0 Å². The molecule has 0 aliphatic carbocycles. The molecule has 1 unspecified atom stereocenters. The first-order chi connectivity index (χ1) is 18.5. The van der Waals surface area contributed by atoms with E-state index in [9.17, 15) is 14.7 Å². The number of amides is 1. The topological polar surface area (TPSA) is 106 Å². The van der Waals surface area contributed by atoms with Crippen LogP contribution in [0.4, 0.5) is 5.13 Å². The van der Waals surface area contributed by atoms with Gasteiger partial charge in [-0.1, -0.05) is 65.1 Å². The van der Waals surface area contributed by atoms with Crippen LogP contribution >= 0.6 is 23.1 Å². The number of aryl methyl sites for hydroxylation is 1. The predicted molar refractivity (Wildman–Crippen MR) is 147 cm³/mol. The second-order valence-electron chi connectivity index (χ2n) is 8.53. The van der Waals surface area contributed by atoms with E-state index in [1.54, 1.807) is 36.4 Å². The van der Waals surface area contributed by atoms with Gasteiger partial charge in [0.1, 0.15) is 11.5 Å². The van der Waals surface area contributed by atoms with Crippen molar-refractivity contribution >= 4 is 45.7 Å². The molecular weight excluding hydrogens is 520 g/mol. The van der Waals surface area contributed by atoms with Gasteiger partial charge < -0.3 is 9.84 Å². The highest BCUT2D eigenvalue weighted by molar-refractivity contribution is 8.00. The molecule has 8 nitrogen and oxygen atoms in total. The second kappa shape index (κ2) is 11.2. The summed E-state index contributed by atoms with van der Waals surface area (Å²) in [6.07, 6.45) is 3.03. The molecule has 1 fully saturated rings. The fourth-order valence-corrected chi connectivity index (χ4v) is 5.93. The molecule has 0 bridgehead atoms. The second-order valence-corrected chi connectivity index (χ2v) is 10.7. The Balaban J connectivity index is 1.52. The van der Waals surface area contributed by atoms with Crippen LogP contribution in [0.3, 0.4) is 0 Å². The summed E-state index contributed by atoms with van der Waals surface area (Å²) in [5.41, 5.74) is 3.33. The molecule has 5 rings (SSSR count). The summed E-state index contributed by atoms with van der Waals surface area (Å²) in [6, 6.07) is 17.6. The Morgan fingerprint density at radius 3 is 2.42 bits per heavy atom. The third kappa shape index (κ3) is 5.18. The molecule has 4 aromatic rings. The lowest BCUT2D eigenvalue weighted by Crippen LogP contribution is -2.29. The molecule has 0 spiro atoms. The molecule has 1 N–H and O–H groups in total. The van der Waals surface area contributed by atoms with E-state index in [0.717, 1.165) is 5.56 Å². The zero-order chi connectivity index (χ0) is 26.6. The van der Waals surface area contributed by atoms with Gasteiger partial charge in [0.05, 0.1) is 18.2 Å². The fourth-order valence-electron chi connectivity index (χ4n) is 4.11. The van der Waals surface area contributed by atoms with Crippen molar-refractivity contribution in [3.63, 3.8) is 0 Å². The summed E-state index contributed by atoms with van der Waals surface area (Å²) in [5, 5.41) is 20.0. The highest BCUT2D eigenvalue weighted by Crippen LogP contribution is 2.44. The van der Waals surface area contributed by atoms with Crippen molar-refractivity contribution in [2.24, 2.45) is 0 Å². The first-order valence-corrected chi connectivity index (χ1v) is 13.7. The highest BCUT2D eigenvalue weighted by atomic mass is 32.2. The lowest BCUT2D eigenvalue weighted by atomic mass is 9.95. The molecule has 1 atom stereocenters. The van der Waals surface area contributed by atoms with Gasteiger partial charge in [0.15, 0.2) is 4.34 Å². The van der Waals surface area contributed by atoms with Crippen LogP contribution in [0.15, 0.2) is 83.0 Å². The SMILES string of the molecule is CCOc1ccc(C2C(=C(O)c3ccncc3)C(=O)C(=O)N2c2nnc(SCc3ccc(C)cc3)s2)cc1. The smallest absolute Gasteiger partial charge is 0.301 e. The number of hydrogen-bond donors (Lipinski definition) is 1. The van der Waals surface area contributed by atoms with E-state index in [2.05, 4.69) is 39.4 Å². The van der Waals surface area contributed by atoms with Crippen LogP contribution in [-0.2, 0) is 15.3 Å². The van der Waals surface area contributed by atoms with E-state index < -0.39 is 17.7 Å². The van der Waals surface area contributed by atoms with E-state index in [0.29, 0.717) is 33.6 Å². The number of thioether (sulfide) groups is 1. The number of hydrogen-bond acceptors (Lipinski definition) is 9. The number of carbonyl (C=O) groups is 2. The molecule has 10 heteroatoms. The van der Waals surface area contributed by atoms with Gasteiger partial charge in [0.25, 0.3) is 5.78 Å². The van der Waals surface area contributed by atoms with Crippen LogP contribution in [0.25, 0.3) is 5.76 Å². The number of carbonyl (C=O) groups excluding carboxylic acids is 2. The van der Waals surface area contributed by atoms with E-state index in [-0.39, 0.29) is 16.5 Å². The van der Waals surface area contributed by atoms with Gasteiger partial charge in [-0.25, -0.2) is 0 Å². The minimum atomic E-state index is -0.887. The normalized spacial score (nSPS) is 16.7. The quantitative estimate of drug-likeness (QED) is 0.101. The molecule has 38 heavy (non-hydrogen) atoms. The van der Waals surface area contributed by atoms with Crippen molar-refractivity contribution in [1.82, 2.24) is 15.2 Å². The summed E-state index contributed by atoms with van der Waals surface area (Å²) in [6.45, 7) is 4.44. The van der Waals surface area contributed by atoms with Crippen molar-refractivity contribution in [2.75, 3.05) is 11.5 Å². The zero-order valence-corrected chi connectivity index (χ0v) is 22.3. The number of ether oxygens (including phenoxy) is 1. The molecule has 2 aromatic carbocycles. The standard InChI is InChI=1S/C28H24N4O4S2/c1-3-36-21-10-8-19(9-11-21)23-22(24(33)20-12-14-29-15-13-20)25(34)26(35)32(23)27-30-31-28(38-27)37-16-18-6-4-17(2)5-7-18/h4-15,23,33H,3,16H2,1-2H3. The van der Waals surface area contributed by atoms with Crippen molar-refractivity contribution < 1.29 is 19.4 Å². The number of ketones is 1. The number of pyridine rings is 1. The summed E-state index contributed by atoms with van der Waals surface area (Å²) in [5.74, 6) is -0.482. The van der Waals surface area contributed by atoms with E-state index >= 15 is 0 Å². The molecule has 3 heterocycles. The van der Waals surface area contributed by atoms with Crippen molar-refractivity contribution in [1.29, 1.82) is 0 Å². The van der Waals surface area contributed by atoms with Gasteiger partial charge in [-0.15, -0.1) is 10.2 Å². The summed E-state index contributed by atoms with van der Waals surface area (Å²) >= 11 is 2.74. The van der Waals surface area contributed by atoms with Crippen LogP contribution in [0, 0.1) is 6.92 Å². The Morgan fingerprint density at radius 2 is 1.74 bits per heavy atom. The van der Waals surface area contributed by atoms with Crippen LogP contribution < -0.4 is 9.64 Å². The number of aliphatic hydroxyl groups is 1. The number of benzene rings is 2. The fraction of sp³-hybridized carbons (Fsp3) is 0.179. The Kier molecular flexibility index (Phi) is 7.52. The van der Waals surface area contributed by atoms with Crippen LogP contribution in [0.5, 0.6) is 5.75 Å². The lowest BCUT2D eigenvalue weighted by Gasteiger charge is -2.22. The molecule has 1 aliphatic rings. The maximum Gasteiger partial charge on any atom is 0.301 e. The number of rotatable bonds is 8. The van der Waals surface area contributed by atoms with Crippen molar-refractivity contribution in [3.8, 4) is 5.75 Å². The minimum Gasteiger partial charge on any atom is -0.507 e. The van der Waals surface area contributed by atoms with E-state index in [1.807, 2.05) is 13.8 Å². The predicted octanol–water partition coefficient (Wildman–Crippen LogP) is 5.56. The molecular formula is C28H24N4O4S2. The van der Waals surface area contributed by atoms with Gasteiger partial charge in [-0.05, 0) is 49.2 Å². The van der Waals surface area contributed by atoms with Gasteiger partial charge in [-0.3, -0.25) is 19.5 Å². The number of aromatic nitrogens is 3. The molecule has 192 valence electrons. The van der Waals surface area contributed by atoms with Gasteiger partial charge in [0, 0.05) is 23.7 Å². The number of Topliss-reactive ketones (excluding diaryl/α,β-unsaturated/α-hetero) is 1. The molecule has 1 aliphatic heterocycles. The monoisotopic (exact) mass is 544 g/mol. The molecule has 1 amide bonds. The average molecular weight is 545 g/mol. The maximum atomic E-state index is 13.4. The first kappa shape index (κ1) is 25.6. The Morgan fingerprint density at radius 1 is 1.03 bits per heavy atom. The summed E-state index contributed by atoms with van der Waals surface area (Å²) < 4.78 is 6.22. The van der Waals surface area contributed by atoms with E-state index in [1.165, 1.54) is 46.0 Å². The molecule has 2 aromatic heterocycles. The third-order valence-corrected chi connectivity index (χ3v) is 8.12. The molecule has 0 saturated carbocycles. The lowest BCUT2D eigenvalue weighted by molar-refractivity contribution is -0.132. The Labute approximate surface area is 228 Å². The molecule has 0 radical (unpaired) electrons. The number of anilines is 1. The van der Waals surface area contributed by atoms with Gasteiger partial charge >= 0.3 is 5.91 Å². The van der Waals surface area contributed by atoms with Crippen LogP contribution in [-0.4, -0.2) is 38.6 Å². The van der Waals surface area contributed by atoms with E-state index in [4.69, 9.17) is 4.74 Å².